The number of nitrogens with zero attached hydrogens (tertiary/aromatic N) is 2. The van der Waals surface area contributed by atoms with Crippen molar-refractivity contribution in [1.29, 1.82) is 0 Å². The molecule has 0 aliphatic heterocycles. The average molecular weight is 610 g/mol. The fourth-order valence-electron chi connectivity index (χ4n) is 5.39. The Balaban J connectivity index is 1.46. The molecule has 1 aromatic heterocycles. The van der Waals surface area contributed by atoms with Gasteiger partial charge in [-0.05, 0) is 48.4 Å². The van der Waals surface area contributed by atoms with Crippen molar-refractivity contribution in [1.82, 2.24) is 20.5 Å². The fraction of sp³-hybridized carbons (Fsp3) is 0.314. The van der Waals surface area contributed by atoms with Crippen molar-refractivity contribution >= 4 is 34.6 Å². The van der Waals surface area contributed by atoms with E-state index < -0.39 is 12.1 Å². The Bertz CT molecular complexity index is 1570. The summed E-state index contributed by atoms with van der Waals surface area (Å²) in [6, 6.07) is 25.6. The van der Waals surface area contributed by atoms with Gasteiger partial charge in [0.1, 0.15) is 12.1 Å². The highest BCUT2D eigenvalue weighted by atomic mass is 16.2. The van der Waals surface area contributed by atoms with Gasteiger partial charge in [0.05, 0.1) is 0 Å². The lowest BCUT2D eigenvalue weighted by Crippen LogP contribution is -2.55. The van der Waals surface area contributed by atoms with Gasteiger partial charge in [-0.15, -0.1) is 0 Å². The van der Waals surface area contributed by atoms with Gasteiger partial charge >= 0.3 is 0 Å². The second-order valence-electron chi connectivity index (χ2n) is 11.1. The molecular formula is C35H43N7O3. The van der Waals surface area contributed by atoms with Crippen LogP contribution < -0.4 is 22.1 Å². The zero-order valence-corrected chi connectivity index (χ0v) is 25.7. The quantitative estimate of drug-likeness (QED) is 0.0749. The van der Waals surface area contributed by atoms with Crippen LogP contribution >= 0.6 is 0 Å². The maximum absolute atomic E-state index is 14.0. The van der Waals surface area contributed by atoms with E-state index in [2.05, 4.69) is 20.6 Å². The number of para-hydroxylation sites is 1. The highest BCUT2D eigenvalue weighted by Crippen LogP contribution is 2.18. The largest absolute Gasteiger partial charge is 0.370 e. The van der Waals surface area contributed by atoms with Gasteiger partial charge in [0.15, 0.2) is 5.96 Å². The summed E-state index contributed by atoms with van der Waals surface area (Å²) in [5.74, 6) is -0.871. The molecule has 3 aromatic carbocycles. The van der Waals surface area contributed by atoms with E-state index in [1.54, 1.807) is 7.05 Å². The molecule has 0 spiro atoms. The molecule has 7 N–H and O–H groups in total. The number of benzene rings is 3. The molecule has 10 nitrogen and oxygen atoms in total. The molecule has 236 valence electrons. The molecule has 0 saturated carbocycles. The van der Waals surface area contributed by atoms with E-state index >= 15 is 0 Å². The lowest BCUT2D eigenvalue weighted by atomic mass is 10.0. The van der Waals surface area contributed by atoms with E-state index in [9.17, 15) is 14.4 Å². The minimum Gasteiger partial charge on any atom is -0.370 e. The van der Waals surface area contributed by atoms with E-state index in [-0.39, 0.29) is 30.1 Å². The number of carbonyl (C=O) groups is 3. The number of amides is 3. The summed E-state index contributed by atoms with van der Waals surface area (Å²) >= 11 is 0. The molecule has 0 aliphatic rings. The van der Waals surface area contributed by atoms with E-state index in [4.69, 9.17) is 11.5 Å². The number of likely N-dealkylation sites (N-methyl/N-ethyl adjacent to an activating group) is 1. The molecule has 3 amide bonds. The number of nitrogens with one attached hydrogen (secondary N) is 3. The smallest absolute Gasteiger partial charge is 0.245 e. The number of guanidine groups is 1. The van der Waals surface area contributed by atoms with Crippen molar-refractivity contribution in [3.8, 4) is 0 Å². The third kappa shape index (κ3) is 9.96. The molecule has 2 atom stereocenters. The van der Waals surface area contributed by atoms with Crippen LogP contribution in [0.2, 0.25) is 0 Å². The first-order valence-electron chi connectivity index (χ1n) is 15.3. The van der Waals surface area contributed by atoms with Gasteiger partial charge in [-0.3, -0.25) is 19.4 Å². The summed E-state index contributed by atoms with van der Waals surface area (Å²) < 4.78 is 0. The van der Waals surface area contributed by atoms with Crippen LogP contribution in [-0.2, 0) is 33.6 Å². The lowest BCUT2D eigenvalue weighted by molar-refractivity contribution is -0.142. The van der Waals surface area contributed by atoms with Crippen LogP contribution in [0, 0.1) is 0 Å². The van der Waals surface area contributed by atoms with Gasteiger partial charge in [-0.2, -0.15) is 0 Å². The SMILES string of the molecule is CN(C(=O)[C@@H](Cc1ccccc1)NC(=O)CCc1ccccc1)[C@@H](CCCN=C(N)N)C(=O)NCCc1c[nH]c2ccccc12. The molecule has 45 heavy (non-hydrogen) atoms. The summed E-state index contributed by atoms with van der Waals surface area (Å²) in [4.78, 5) is 49.4. The van der Waals surface area contributed by atoms with Crippen LogP contribution in [-0.4, -0.2) is 65.8 Å². The number of hydrogen-bond acceptors (Lipinski definition) is 4. The van der Waals surface area contributed by atoms with Crippen molar-refractivity contribution in [2.45, 2.75) is 50.6 Å². The van der Waals surface area contributed by atoms with E-state index in [1.807, 2.05) is 91.1 Å². The molecule has 0 radical (unpaired) electrons. The van der Waals surface area contributed by atoms with E-state index in [1.165, 1.54) is 4.90 Å². The molecule has 4 rings (SSSR count). The van der Waals surface area contributed by atoms with E-state index in [0.717, 1.165) is 27.6 Å². The minimum absolute atomic E-state index is 0.0275. The Kier molecular flexibility index (Phi) is 12.1. The van der Waals surface area contributed by atoms with Gasteiger partial charge in [0.25, 0.3) is 0 Å². The highest BCUT2D eigenvalue weighted by molar-refractivity contribution is 5.92. The number of aliphatic imine (C=N–C) groups is 1. The van der Waals surface area contributed by atoms with Crippen LogP contribution in [0.25, 0.3) is 10.9 Å². The Morgan fingerprint density at radius 2 is 1.56 bits per heavy atom. The predicted molar refractivity (Wildman–Crippen MR) is 178 cm³/mol. The summed E-state index contributed by atoms with van der Waals surface area (Å²) in [5, 5.41) is 7.08. The number of hydrogen-bond donors (Lipinski definition) is 5. The van der Waals surface area contributed by atoms with Gasteiger partial charge in [-0.1, -0.05) is 78.9 Å². The first kappa shape index (κ1) is 32.8. The highest BCUT2D eigenvalue weighted by Gasteiger charge is 2.32. The number of nitrogens with two attached hydrogens (primary N) is 2. The van der Waals surface area contributed by atoms with Gasteiger partial charge < -0.3 is 32.0 Å². The first-order valence-corrected chi connectivity index (χ1v) is 15.3. The minimum atomic E-state index is -0.847. The van der Waals surface area contributed by atoms with Gasteiger partial charge in [0.2, 0.25) is 17.7 Å². The van der Waals surface area contributed by atoms with Crippen LogP contribution in [0.15, 0.2) is 96.1 Å². The third-order valence-electron chi connectivity index (χ3n) is 7.82. The normalized spacial score (nSPS) is 12.2. The zero-order valence-electron chi connectivity index (χ0n) is 25.7. The second-order valence-corrected chi connectivity index (χ2v) is 11.1. The Morgan fingerprint density at radius 3 is 2.27 bits per heavy atom. The Morgan fingerprint density at radius 1 is 0.889 bits per heavy atom. The van der Waals surface area contributed by atoms with Crippen LogP contribution in [0.5, 0.6) is 0 Å². The second kappa shape index (κ2) is 16.7. The van der Waals surface area contributed by atoms with Crippen molar-refractivity contribution in [3.63, 3.8) is 0 Å². The number of carbonyl (C=O) groups excluding carboxylic acids is 3. The first-order chi connectivity index (χ1) is 21.8. The molecule has 1 heterocycles. The Labute approximate surface area is 264 Å². The Hall–Kier alpha value is -5.12. The molecule has 0 bridgehead atoms. The monoisotopic (exact) mass is 609 g/mol. The topological polar surface area (TPSA) is 159 Å². The van der Waals surface area contributed by atoms with E-state index in [0.29, 0.717) is 45.2 Å². The molecule has 0 aliphatic carbocycles. The zero-order chi connectivity index (χ0) is 32.0. The van der Waals surface area contributed by atoms with Crippen LogP contribution in [0.1, 0.15) is 36.0 Å². The molecular weight excluding hydrogens is 566 g/mol. The van der Waals surface area contributed by atoms with Crippen molar-refractivity contribution in [2.24, 2.45) is 16.5 Å². The standard InChI is InChI=1S/C35H43N7O3/c1-42(34(45)30(23-26-13-6-3-7-14-26)41-32(43)19-18-25-11-4-2-5-12-25)31(17-10-21-39-35(36)37)33(44)38-22-20-27-24-40-29-16-9-8-15-28(27)29/h2-9,11-16,24,30-31,40H,10,17-23H2,1H3,(H,38,44)(H,41,43)(H4,36,37,39)/t30-,31+/m1/s1. The van der Waals surface area contributed by atoms with Crippen LogP contribution in [0.3, 0.4) is 0 Å². The van der Waals surface area contributed by atoms with Crippen molar-refractivity contribution in [3.05, 3.63) is 108 Å². The number of aryl methyl sites for hydroxylation is 1. The summed E-state index contributed by atoms with van der Waals surface area (Å²) in [5.41, 5.74) is 15.1. The van der Waals surface area contributed by atoms with Gasteiger partial charge in [-0.25, -0.2) is 0 Å². The number of rotatable bonds is 16. The molecule has 0 saturated heterocycles. The number of H-pyrrole nitrogens is 1. The number of aromatic amines is 1. The molecule has 0 unspecified atom stereocenters. The predicted octanol–water partition coefficient (Wildman–Crippen LogP) is 3.07. The van der Waals surface area contributed by atoms with Crippen molar-refractivity contribution < 1.29 is 14.4 Å². The van der Waals surface area contributed by atoms with Crippen molar-refractivity contribution in [2.75, 3.05) is 20.1 Å². The summed E-state index contributed by atoms with van der Waals surface area (Å²) in [6.45, 7) is 0.726. The summed E-state index contributed by atoms with van der Waals surface area (Å²) in [7, 11) is 1.61. The number of fused-ring (bicyclic) bond motifs is 1. The number of aromatic nitrogens is 1. The van der Waals surface area contributed by atoms with Crippen LogP contribution in [0.4, 0.5) is 0 Å². The summed E-state index contributed by atoms with van der Waals surface area (Å²) in [6.07, 6.45) is 4.50. The van der Waals surface area contributed by atoms with Gasteiger partial charge in [0, 0.05) is 50.1 Å². The fourth-order valence-corrected chi connectivity index (χ4v) is 5.39. The third-order valence-corrected chi connectivity index (χ3v) is 7.82. The molecule has 0 fully saturated rings. The molecule has 10 heteroatoms. The maximum atomic E-state index is 14.0. The maximum Gasteiger partial charge on any atom is 0.245 e. The average Bonchev–Trinajstić information content (AvgIpc) is 3.46. The lowest BCUT2D eigenvalue weighted by Gasteiger charge is -2.31. The molecule has 4 aromatic rings.